The van der Waals surface area contributed by atoms with E-state index in [4.69, 9.17) is 13.5 Å². The molecule has 238 valence electrons. The summed E-state index contributed by atoms with van der Waals surface area (Å²) in [6.45, 7) is 6.93. The molecule has 2 heterocycles. The van der Waals surface area contributed by atoms with Gasteiger partial charge in [0, 0.05) is 14.9 Å². The van der Waals surface area contributed by atoms with Gasteiger partial charge in [-0.3, -0.25) is 4.57 Å². The fraction of sp³-hybridized carbons (Fsp3) is 0.152. The van der Waals surface area contributed by atoms with E-state index in [9.17, 15) is 0 Å². The smallest absolute Gasteiger partial charge is 0.149 e. The van der Waals surface area contributed by atoms with E-state index in [-0.39, 0.29) is 11.8 Å². The van der Waals surface area contributed by atoms with Crippen LogP contribution in [0.5, 0.6) is 0 Å². The lowest BCUT2D eigenvalue weighted by Gasteiger charge is -2.24. The normalized spacial score (nSPS) is 13.3. The minimum Gasteiger partial charge on any atom is -0.455 e. The molecule has 0 amide bonds. The van der Waals surface area contributed by atoms with E-state index in [0.717, 1.165) is 65.9 Å². The van der Waals surface area contributed by atoms with E-state index < -0.39 is 6.85 Å². The van der Waals surface area contributed by atoms with Gasteiger partial charge >= 0.3 is 0 Å². The molecule has 0 fully saturated rings. The van der Waals surface area contributed by atoms with Gasteiger partial charge in [-0.05, 0) is 105 Å². The number of benzene rings is 7. The second-order valence-corrected chi connectivity index (χ2v) is 13.8. The van der Waals surface area contributed by atoms with Crippen molar-refractivity contribution in [1.82, 2.24) is 9.55 Å². The first kappa shape index (κ1) is 26.3. The summed E-state index contributed by atoms with van der Waals surface area (Å²) in [7, 11) is 0. The molecular weight excluding hydrogens is 597 g/mol. The molecule has 0 aliphatic carbocycles. The molecule has 0 spiro atoms. The first-order chi connectivity index (χ1) is 25.1. The van der Waals surface area contributed by atoms with Crippen LogP contribution in [0, 0.1) is 6.85 Å². The van der Waals surface area contributed by atoms with Crippen LogP contribution in [0.3, 0.4) is 0 Å². The van der Waals surface area contributed by atoms with Gasteiger partial charge in [-0.15, -0.1) is 0 Å². The van der Waals surface area contributed by atoms with Crippen LogP contribution in [0.25, 0.3) is 82.7 Å². The molecule has 0 radical (unpaired) electrons. The van der Waals surface area contributed by atoms with E-state index in [1.807, 2.05) is 24.3 Å². The fourth-order valence-corrected chi connectivity index (χ4v) is 7.58. The molecule has 2 aromatic heterocycles. The van der Waals surface area contributed by atoms with E-state index >= 15 is 0 Å². The number of para-hydroxylation sites is 3. The predicted molar refractivity (Wildman–Crippen MR) is 207 cm³/mol. The van der Waals surface area contributed by atoms with Crippen molar-refractivity contribution in [3.63, 3.8) is 0 Å². The number of imidazole rings is 1. The Morgan fingerprint density at radius 1 is 0.612 bits per heavy atom. The SMILES string of the molecule is [2H]C([2H])([2H])c1ccc2c(ccc3cc4oc5c(-c6nc7ccccc7n6-c6c(C(C)C)cc(-c7ccccc7)cc6C(C)C)cccc5c4cc32)c1. The van der Waals surface area contributed by atoms with Gasteiger partial charge in [0.1, 0.15) is 17.0 Å². The average Bonchev–Trinajstić information content (AvgIpc) is 3.71. The number of rotatable bonds is 5. The van der Waals surface area contributed by atoms with Crippen LogP contribution in [-0.2, 0) is 0 Å². The van der Waals surface area contributed by atoms with Gasteiger partial charge in [-0.2, -0.15) is 0 Å². The maximum atomic E-state index is 7.91. The lowest BCUT2D eigenvalue weighted by Crippen LogP contribution is -2.09. The van der Waals surface area contributed by atoms with Crippen molar-refractivity contribution in [3.05, 3.63) is 144 Å². The molecule has 0 atom stereocenters. The molecule has 0 unspecified atom stereocenters. The highest BCUT2D eigenvalue weighted by molar-refractivity contribution is 6.17. The number of hydrogen-bond acceptors (Lipinski definition) is 2. The monoisotopic (exact) mass is 637 g/mol. The van der Waals surface area contributed by atoms with Crippen LogP contribution in [0.1, 0.15) is 60.3 Å². The van der Waals surface area contributed by atoms with Gasteiger partial charge in [-0.25, -0.2) is 4.98 Å². The van der Waals surface area contributed by atoms with E-state index in [0.29, 0.717) is 5.56 Å². The van der Waals surface area contributed by atoms with Gasteiger partial charge in [0.2, 0.25) is 0 Å². The van der Waals surface area contributed by atoms with E-state index in [2.05, 4.69) is 123 Å². The Hall–Kier alpha value is -5.67. The molecule has 0 bridgehead atoms. The Bertz CT molecular complexity index is 2810. The topological polar surface area (TPSA) is 31.0 Å². The Morgan fingerprint density at radius 3 is 2.10 bits per heavy atom. The third kappa shape index (κ3) is 4.68. The molecule has 0 N–H and O–H groups in total. The van der Waals surface area contributed by atoms with Gasteiger partial charge < -0.3 is 4.42 Å². The highest BCUT2D eigenvalue weighted by Crippen LogP contribution is 2.43. The Kier molecular flexibility index (Phi) is 6.01. The lowest BCUT2D eigenvalue weighted by atomic mass is 9.88. The number of aryl methyl sites for hydroxylation is 1. The highest BCUT2D eigenvalue weighted by atomic mass is 16.3. The van der Waals surface area contributed by atoms with Crippen molar-refractivity contribution in [2.45, 2.75) is 46.4 Å². The molecule has 3 nitrogen and oxygen atoms in total. The fourth-order valence-electron chi connectivity index (χ4n) is 7.58. The second-order valence-electron chi connectivity index (χ2n) is 13.8. The molecule has 0 aliphatic rings. The zero-order chi connectivity index (χ0) is 35.9. The second kappa shape index (κ2) is 11.2. The molecule has 3 heteroatoms. The van der Waals surface area contributed by atoms with Gasteiger partial charge in [-0.1, -0.05) is 118 Å². The molecular formula is C46H38N2O. The molecule has 9 aromatic rings. The number of nitrogens with zero attached hydrogens (tertiary/aromatic N) is 2. The summed E-state index contributed by atoms with van der Waals surface area (Å²) < 4.78 is 32.9. The first-order valence-corrected chi connectivity index (χ1v) is 17.1. The minimum atomic E-state index is -2.16. The number of furan rings is 1. The van der Waals surface area contributed by atoms with Gasteiger partial charge in [0.05, 0.1) is 22.3 Å². The Labute approximate surface area is 290 Å². The minimum absolute atomic E-state index is 0.255. The largest absolute Gasteiger partial charge is 0.455 e. The van der Waals surface area contributed by atoms with E-state index in [1.54, 1.807) is 12.1 Å². The standard InChI is InChI=1S/C46H38N2O/c1-27(2)37-23-33(30-12-7-6-8-13-30)24-38(28(3)4)44(37)48-42-17-10-9-16-41(42)47-46(48)36-15-11-14-35-40-26-39-32(25-43(40)49-45(35)36)20-19-31-22-29(5)18-21-34(31)39/h6-28H,1-5H3/i5D3. The van der Waals surface area contributed by atoms with Crippen molar-refractivity contribution < 1.29 is 8.53 Å². The molecule has 7 aromatic carbocycles. The molecule has 0 saturated carbocycles. The maximum Gasteiger partial charge on any atom is 0.149 e. The zero-order valence-corrected chi connectivity index (χ0v) is 28.1. The van der Waals surface area contributed by atoms with Crippen molar-refractivity contribution >= 4 is 54.5 Å². The molecule has 49 heavy (non-hydrogen) atoms. The summed E-state index contributed by atoms with van der Waals surface area (Å²) in [5.41, 5.74) is 11.0. The molecule has 0 saturated heterocycles. The third-order valence-corrected chi connectivity index (χ3v) is 10.00. The predicted octanol–water partition coefficient (Wildman–Crippen LogP) is 13.1. The van der Waals surface area contributed by atoms with Gasteiger partial charge in [0.15, 0.2) is 0 Å². The van der Waals surface area contributed by atoms with Crippen LogP contribution in [0.4, 0.5) is 0 Å². The van der Waals surface area contributed by atoms with Crippen LogP contribution in [-0.4, -0.2) is 9.55 Å². The number of aromatic nitrogens is 2. The molecule has 9 rings (SSSR count). The summed E-state index contributed by atoms with van der Waals surface area (Å²) in [6.07, 6.45) is 0. The van der Waals surface area contributed by atoms with Crippen molar-refractivity contribution in [2.24, 2.45) is 0 Å². The first-order valence-electron chi connectivity index (χ1n) is 18.6. The maximum absolute atomic E-state index is 7.91. The Morgan fingerprint density at radius 2 is 1.35 bits per heavy atom. The van der Waals surface area contributed by atoms with Crippen LogP contribution >= 0.6 is 0 Å². The average molecular weight is 638 g/mol. The van der Waals surface area contributed by atoms with Crippen LogP contribution in [0.15, 0.2) is 132 Å². The summed E-state index contributed by atoms with van der Waals surface area (Å²) >= 11 is 0. The summed E-state index contributed by atoms with van der Waals surface area (Å²) in [5, 5.41) is 6.04. The van der Waals surface area contributed by atoms with Crippen molar-refractivity contribution in [2.75, 3.05) is 0 Å². The molecule has 0 aliphatic heterocycles. The third-order valence-electron chi connectivity index (χ3n) is 10.00. The zero-order valence-electron chi connectivity index (χ0n) is 31.1. The highest BCUT2D eigenvalue weighted by Gasteiger charge is 2.25. The summed E-state index contributed by atoms with van der Waals surface area (Å²) in [4.78, 5) is 5.34. The van der Waals surface area contributed by atoms with E-state index in [1.165, 1.54) is 27.9 Å². The van der Waals surface area contributed by atoms with Crippen LogP contribution < -0.4 is 0 Å². The number of fused-ring (bicyclic) bond motifs is 7. The summed E-state index contributed by atoms with van der Waals surface area (Å²) in [6, 6.07) is 43.9. The van der Waals surface area contributed by atoms with Gasteiger partial charge in [0.25, 0.3) is 0 Å². The quantitative estimate of drug-likeness (QED) is 0.176. The number of hydrogen-bond donors (Lipinski definition) is 0. The van der Waals surface area contributed by atoms with Crippen molar-refractivity contribution in [1.29, 1.82) is 0 Å². The Balaban J connectivity index is 1.32. The van der Waals surface area contributed by atoms with Crippen molar-refractivity contribution in [3.8, 4) is 28.2 Å². The summed E-state index contributed by atoms with van der Waals surface area (Å²) in [5.74, 6) is 1.35. The lowest BCUT2D eigenvalue weighted by molar-refractivity contribution is 0.670. The van der Waals surface area contributed by atoms with Crippen LogP contribution in [0.2, 0.25) is 0 Å².